The highest BCUT2D eigenvalue weighted by atomic mass is 19.2. The lowest BCUT2D eigenvalue weighted by Crippen LogP contribution is -2.59. The highest BCUT2D eigenvalue weighted by Crippen LogP contribution is 2.39. The number of rotatable bonds is 25. The SMILES string of the molecule is C=C(C#CCO[C@H](C)[C@H](NC(=O)[C@H](C)NC)C(=O)N1CC[C@@H]2[C@H]1[C@@H](COc1ccc(F)c(F)c1)CN2C(=O)OCc1ccccc1)CO[C@H](C)[C@H](NC(=O)[C@H](C)NC)C(=O)N1CC[C@@H]2[C@H]1[C@@H](COc1ccc(F)c(F)c1)CN2C(=O)OCc1ccccc1. The summed E-state index contributed by atoms with van der Waals surface area (Å²) in [5, 5.41) is 11.4. The van der Waals surface area contributed by atoms with E-state index in [1.165, 1.54) is 12.1 Å². The topological polar surface area (TPSA) is 219 Å². The minimum absolute atomic E-state index is 0.00382. The number of halogens is 4. The van der Waals surface area contributed by atoms with Crippen molar-refractivity contribution in [2.75, 3.05) is 66.7 Å². The molecule has 12 atom stereocenters. The molecule has 4 fully saturated rings. The molecule has 4 aromatic rings. The van der Waals surface area contributed by atoms with Crippen molar-refractivity contribution in [3.8, 4) is 23.3 Å². The van der Waals surface area contributed by atoms with E-state index in [1.54, 1.807) is 61.4 Å². The molecular formula is C64H76F4N8O12. The summed E-state index contributed by atoms with van der Waals surface area (Å²) in [6, 6.07) is 18.3. The van der Waals surface area contributed by atoms with Crippen LogP contribution in [0, 0.1) is 46.9 Å². The van der Waals surface area contributed by atoms with Crippen LogP contribution in [0.2, 0.25) is 0 Å². The molecule has 4 aromatic carbocycles. The summed E-state index contributed by atoms with van der Waals surface area (Å²) >= 11 is 0. The number of hydrogen-bond acceptors (Lipinski definition) is 14. The molecule has 20 nitrogen and oxygen atoms in total. The van der Waals surface area contributed by atoms with Crippen LogP contribution in [0.5, 0.6) is 11.5 Å². The molecular weight excluding hydrogens is 1150 g/mol. The predicted octanol–water partition coefficient (Wildman–Crippen LogP) is 5.73. The van der Waals surface area contributed by atoms with Crippen molar-refractivity contribution in [1.82, 2.24) is 40.9 Å². The molecule has 4 aliphatic heterocycles. The number of likely N-dealkylation sites (N-methyl/N-ethyl adjacent to an activating group) is 2. The first-order valence-electron chi connectivity index (χ1n) is 29.3. The van der Waals surface area contributed by atoms with Crippen molar-refractivity contribution in [3.05, 3.63) is 144 Å². The third kappa shape index (κ3) is 16.3. The number of hydrogen-bond donors (Lipinski definition) is 4. The Bertz CT molecular complexity index is 3180. The number of fused-ring (bicyclic) bond motifs is 2. The number of benzene rings is 4. The van der Waals surface area contributed by atoms with Crippen molar-refractivity contribution in [3.63, 3.8) is 0 Å². The molecule has 472 valence electrons. The van der Waals surface area contributed by atoms with Gasteiger partial charge in [-0.1, -0.05) is 79.1 Å². The molecule has 6 amide bonds. The molecule has 0 spiro atoms. The highest BCUT2D eigenvalue weighted by molar-refractivity contribution is 5.91. The number of carbonyl (C=O) groups excluding carboxylic acids is 6. The van der Waals surface area contributed by atoms with Crippen molar-refractivity contribution >= 4 is 35.8 Å². The zero-order valence-corrected chi connectivity index (χ0v) is 50.1. The van der Waals surface area contributed by atoms with Gasteiger partial charge in [-0.3, -0.25) is 19.2 Å². The second kappa shape index (κ2) is 30.6. The van der Waals surface area contributed by atoms with Crippen LogP contribution in [-0.4, -0.2) is 183 Å². The van der Waals surface area contributed by atoms with Crippen molar-refractivity contribution < 1.29 is 74.8 Å². The van der Waals surface area contributed by atoms with Crippen LogP contribution in [0.1, 0.15) is 51.7 Å². The minimum atomic E-state index is -1.26. The van der Waals surface area contributed by atoms with E-state index in [-0.39, 0.29) is 82.9 Å². The molecule has 4 saturated heterocycles. The molecule has 4 heterocycles. The molecule has 4 N–H and O–H groups in total. The number of nitrogens with zero attached hydrogens (tertiary/aromatic N) is 4. The van der Waals surface area contributed by atoms with Gasteiger partial charge in [-0.25, -0.2) is 27.2 Å². The Morgan fingerprint density at radius 3 is 1.41 bits per heavy atom. The fourth-order valence-electron chi connectivity index (χ4n) is 11.5. The Kier molecular flexibility index (Phi) is 22.9. The van der Waals surface area contributed by atoms with E-state index in [4.69, 9.17) is 28.4 Å². The summed E-state index contributed by atoms with van der Waals surface area (Å²) in [5.41, 5.74) is 1.81. The van der Waals surface area contributed by atoms with Gasteiger partial charge in [0.05, 0.1) is 68.3 Å². The van der Waals surface area contributed by atoms with Crippen LogP contribution in [0.3, 0.4) is 0 Å². The van der Waals surface area contributed by atoms with Gasteiger partial charge in [0, 0.05) is 55.7 Å². The molecule has 4 aliphatic rings. The number of likely N-dealkylation sites (tertiary alicyclic amines) is 4. The maximum atomic E-state index is 14.9. The minimum Gasteiger partial charge on any atom is -0.493 e. The highest BCUT2D eigenvalue weighted by Gasteiger charge is 2.55. The first-order valence-corrected chi connectivity index (χ1v) is 29.3. The zero-order valence-electron chi connectivity index (χ0n) is 50.1. The van der Waals surface area contributed by atoms with Gasteiger partial charge in [0.1, 0.15) is 43.4 Å². The van der Waals surface area contributed by atoms with E-state index in [9.17, 15) is 46.3 Å². The van der Waals surface area contributed by atoms with Crippen molar-refractivity contribution in [2.45, 2.75) is 114 Å². The molecule has 0 aromatic heterocycles. The van der Waals surface area contributed by atoms with Gasteiger partial charge < -0.3 is 69.3 Å². The van der Waals surface area contributed by atoms with Crippen LogP contribution in [0.15, 0.2) is 109 Å². The monoisotopic (exact) mass is 1220 g/mol. The first kappa shape index (κ1) is 65.7. The van der Waals surface area contributed by atoms with Crippen LogP contribution in [0.25, 0.3) is 0 Å². The Morgan fingerprint density at radius 2 is 1.00 bits per heavy atom. The van der Waals surface area contributed by atoms with E-state index < -0.39 is 131 Å². The molecule has 24 heteroatoms. The van der Waals surface area contributed by atoms with Crippen LogP contribution >= 0.6 is 0 Å². The van der Waals surface area contributed by atoms with Gasteiger partial charge in [0.15, 0.2) is 23.3 Å². The third-order valence-electron chi connectivity index (χ3n) is 16.5. The summed E-state index contributed by atoms with van der Waals surface area (Å²) in [6.07, 6.45) is -2.45. The number of amides is 6. The van der Waals surface area contributed by atoms with Gasteiger partial charge in [0.25, 0.3) is 0 Å². The lowest BCUT2D eigenvalue weighted by atomic mass is 9.99. The Hall–Kier alpha value is -8.24. The van der Waals surface area contributed by atoms with Crippen LogP contribution in [-0.2, 0) is 51.3 Å². The summed E-state index contributed by atoms with van der Waals surface area (Å²) in [5.74, 6) is -1.49. The standard InChI is InChI=1S/C64H76F4N8O12/c1-38(33-84-42(5)56(72-60(78)40(3)70-7)62(80)74-27-25-54-58(74)46(37-86-48-21-23-50(66)52(68)30-48)32-76(54)64(82)88-35-44-18-12-9-13-19-44)15-14-28-83-41(4)55(71-59(77)39(2)69-6)61(79)73-26-24-53-57(73)45(36-85-47-20-22-49(65)51(67)29-47)31-75(53)63(81)87-34-43-16-10-8-11-17-43/h8-13,16-23,29-30,39-42,45-46,53-58,69-70H,1,24-28,31-37H2,2-7H3,(H,71,77)(H,72,78)/t39-,40-,41+,42+,45+,46+,53+,54+,55-,56-,57+,58+/m0/s1. The van der Waals surface area contributed by atoms with Gasteiger partial charge in [-0.15, -0.1) is 0 Å². The molecule has 0 unspecified atom stereocenters. The van der Waals surface area contributed by atoms with E-state index in [0.29, 0.717) is 12.8 Å². The second-order valence-electron chi connectivity index (χ2n) is 22.4. The second-order valence-corrected chi connectivity index (χ2v) is 22.4. The third-order valence-corrected chi connectivity index (χ3v) is 16.5. The molecule has 0 bridgehead atoms. The van der Waals surface area contributed by atoms with Crippen LogP contribution < -0.4 is 30.7 Å². The van der Waals surface area contributed by atoms with E-state index in [0.717, 1.165) is 35.4 Å². The maximum absolute atomic E-state index is 14.9. The largest absolute Gasteiger partial charge is 0.493 e. The van der Waals surface area contributed by atoms with Crippen LogP contribution in [0.4, 0.5) is 27.2 Å². The number of nitrogens with one attached hydrogen (secondary N) is 4. The fourth-order valence-corrected chi connectivity index (χ4v) is 11.5. The molecule has 88 heavy (non-hydrogen) atoms. The summed E-state index contributed by atoms with van der Waals surface area (Å²) in [7, 11) is 3.19. The Balaban J connectivity index is 0.930. The number of ether oxygens (including phenoxy) is 6. The van der Waals surface area contributed by atoms with E-state index >= 15 is 0 Å². The van der Waals surface area contributed by atoms with Crippen molar-refractivity contribution in [2.24, 2.45) is 11.8 Å². The van der Waals surface area contributed by atoms with Gasteiger partial charge in [0.2, 0.25) is 23.6 Å². The first-order chi connectivity index (χ1) is 42.3. The molecule has 0 radical (unpaired) electrons. The normalized spacial score (nSPS) is 21.3. The smallest absolute Gasteiger partial charge is 0.410 e. The van der Waals surface area contributed by atoms with Gasteiger partial charge >= 0.3 is 12.2 Å². The number of carbonyl (C=O) groups is 6. The van der Waals surface area contributed by atoms with Gasteiger partial charge in [-0.2, -0.15) is 0 Å². The van der Waals surface area contributed by atoms with E-state index in [2.05, 4.69) is 39.7 Å². The van der Waals surface area contributed by atoms with E-state index in [1.807, 2.05) is 60.7 Å². The maximum Gasteiger partial charge on any atom is 0.410 e. The predicted molar refractivity (Wildman–Crippen MR) is 314 cm³/mol. The lowest BCUT2D eigenvalue weighted by molar-refractivity contribution is -0.142. The molecule has 0 saturated carbocycles. The lowest BCUT2D eigenvalue weighted by Gasteiger charge is -2.34. The summed E-state index contributed by atoms with van der Waals surface area (Å²) in [6.45, 7) is 10.5. The average Bonchev–Trinajstić information content (AvgIpc) is 2.38. The summed E-state index contributed by atoms with van der Waals surface area (Å²) in [4.78, 5) is 90.8. The Labute approximate surface area is 509 Å². The molecule has 0 aliphatic carbocycles. The average molecular weight is 1230 g/mol. The Morgan fingerprint density at radius 1 is 0.580 bits per heavy atom. The van der Waals surface area contributed by atoms with Gasteiger partial charge in [-0.05, 0) is 90.0 Å². The quantitative estimate of drug-likeness (QED) is 0.0460. The fraction of sp³-hybridized carbons (Fsp3) is 0.469. The summed E-state index contributed by atoms with van der Waals surface area (Å²) < 4.78 is 92.0. The molecule has 8 rings (SSSR count). The van der Waals surface area contributed by atoms with Crippen molar-refractivity contribution in [1.29, 1.82) is 0 Å². The zero-order chi connectivity index (χ0) is 63.2.